The zero-order valence-corrected chi connectivity index (χ0v) is 13.7. The lowest BCUT2D eigenvalue weighted by molar-refractivity contribution is -0.120. The fourth-order valence-electron chi connectivity index (χ4n) is 4.80. The first-order valence-corrected chi connectivity index (χ1v) is 7.78. The number of hydrogen-bond donors (Lipinski definition) is 0. The van der Waals surface area contributed by atoms with Crippen molar-refractivity contribution in [2.75, 3.05) is 0 Å². The van der Waals surface area contributed by atoms with Crippen LogP contribution in [-0.2, 0) is 4.79 Å². The van der Waals surface area contributed by atoms with Gasteiger partial charge in [0, 0.05) is 16.9 Å². The number of carbonyl (C=O) groups is 1. The van der Waals surface area contributed by atoms with E-state index in [9.17, 15) is 4.79 Å². The minimum atomic E-state index is 0.0281. The third kappa shape index (κ3) is 1.47. The van der Waals surface area contributed by atoms with E-state index in [0.29, 0.717) is 5.78 Å². The van der Waals surface area contributed by atoms with Crippen LogP contribution in [0.2, 0.25) is 0 Å². The van der Waals surface area contributed by atoms with Gasteiger partial charge in [-0.25, -0.2) is 0 Å². The first-order valence-electron chi connectivity index (χ1n) is 7.78. The van der Waals surface area contributed by atoms with Gasteiger partial charge in [-0.3, -0.25) is 4.79 Å². The van der Waals surface area contributed by atoms with Gasteiger partial charge in [0.2, 0.25) is 0 Å². The Kier molecular flexibility index (Phi) is 2.74. The standard InChI is InChI=1S/C19H26O/c1-11-7-15-17(20)16-8-12(2)14(4)10-19(16,6)18(15,5)9-13(11)3/h7,16H,8-10H2,1-6H3/t16-,18+,19+/m1/s1. The Morgan fingerprint density at radius 1 is 1.00 bits per heavy atom. The molecule has 0 aromatic carbocycles. The molecule has 1 nitrogen and oxygen atoms in total. The van der Waals surface area contributed by atoms with Crippen molar-refractivity contribution >= 4 is 5.78 Å². The molecule has 0 bridgehead atoms. The quantitative estimate of drug-likeness (QED) is 0.566. The van der Waals surface area contributed by atoms with Crippen LogP contribution in [0, 0.1) is 16.7 Å². The van der Waals surface area contributed by atoms with Crippen LogP contribution in [0.25, 0.3) is 0 Å². The number of hydrogen-bond acceptors (Lipinski definition) is 1. The predicted molar refractivity (Wildman–Crippen MR) is 83.4 cm³/mol. The van der Waals surface area contributed by atoms with Gasteiger partial charge >= 0.3 is 0 Å². The van der Waals surface area contributed by atoms with Crippen LogP contribution in [0.15, 0.2) is 33.9 Å². The van der Waals surface area contributed by atoms with Gasteiger partial charge in [0.15, 0.2) is 5.78 Å². The van der Waals surface area contributed by atoms with Gasteiger partial charge < -0.3 is 0 Å². The molecule has 3 aliphatic carbocycles. The second-order valence-corrected chi connectivity index (χ2v) is 7.81. The molecule has 0 amide bonds. The molecular weight excluding hydrogens is 244 g/mol. The maximum absolute atomic E-state index is 13.0. The molecular formula is C19H26O. The van der Waals surface area contributed by atoms with Crippen LogP contribution in [-0.4, -0.2) is 5.78 Å². The van der Waals surface area contributed by atoms with Crippen molar-refractivity contribution < 1.29 is 4.79 Å². The smallest absolute Gasteiger partial charge is 0.163 e. The van der Waals surface area contributed by atoms with Gasteiger partial charge in [0.25, 0.3) is 0 Å². The van der Waals surface area contributed by atoms with Crippen molar-refractivity contribution in [2.45, 2.75) is 60.8 Å². The van der Waals surface area contributed by atoms with E-state index < -0.39 is 0 Å². The van der Waals surface area contributed by atoms with Crippen LogP contribution in [0.1, 0.15) is 60.8 Å². The van der Waals surface area contributed by atoms with Crippen LogP contribution >= 0.6 is 0 Å². The summed E-state index contributed by atoms with van der Waals surface area (Å²) in [7, 11) is 0. The summed E-state index contributed by atoms with van der Waals surface area (Å²) in [4.78, 5) is 13.0. The van der Waals surface area contributed by atoms with Gasteiger partial charge in [0.1, 0.15) is 0 Å². The summed E-state index contributed by atoms with van der Waals surface area (Å²) >= 11 is 0. The molecule has 0 radical (unpaired) electrons. The molecule has 20 heavy (non-hydrogen) atoms. The summed E-state index contributed by atoms with van der Waals surface area (Å²) in [5.74, 6) is 0.620. The molecule has 3 aliphatic rings. The molecule has 0 heterocycles. The molecule has 0 unspecified atom stereocenters. The highest BCUT2D eigenvalue weighted by Gasteiger charge is 2.62. The van der Waals surface area contributed by atoms with Crippen molar-refractivity contribution in [3.63, 3.8) is 0 Å². The zero-order valence-electron chi connectivity index (χ0n) is 13.7. The molecule has 0 N–H and O–H groups in total. The summed E-state index contributed by atoms with van der Waals surface area (Å²) in [5, 5.41) is 0. The number of allylic oxidation sites excluding steroid dienone is 6. The normalized spacial score (nSPS) is 40.8. The third-order valence-electron chi connectivity index (χ3n) is 6.73. The lowest BCUT2D eigenvalue weighted by Crippen LogP contribution is -2.41. The molecule has 1 saturated carbocycles. The molecule has 0 aromatic heterocycles. The topological polar surface area (TPSA) is 17.1 Å². The van der Waals surface area contributed by atoms with Gasteiger partial charge in [0.05, 0.1) is 0 Å². The summed E-state index contributed by atoms with van der Waals surface area (Å²) in [5.41, 5.74) is 6.93. The molecule has 0 spiro atoms. The molecule has 0 aliphatic heterocycles. The Morgan fingerprint density at radius 2 is 1.65 bits per heavy atom. The number of ketones is 1. The highest BCUT2D eigenvalue weighted by Crippen LogP contribution is 2.66. The molecule has 0 saturated heterocycles. The molecule has 0 aromatic rings. The number of carbonyl (C=O) groups excluding carboxylic acids is 1. The Bertz CT molecular complexity index is 601. The molecule has 1 fully saturated rings. The average Bonchev–Trinajstić information content (AvgIpc) is 2.50. The highest BCUT2D eigenvalue weighted by atomic mass is 16.1. The summed E-state index contributed by atoms with van der Waals surface area (Å²) in [6.07, 6.45) is 5.28. The fraction of sp³-hybridized carbons (Fsp3) is 0.632. The minimum Gasteiger partial charge on any atom is -0.294 e. The first kappa shape index (κ1) is 13.9. The average molecular weight is 270 g/mol. The van der Waals surface area contributed by atoms with Gasteiger partial charge in [-0.15, -0.1) is 0 Å². The summed E-state index contributed by atoms with van der Waals surface area (Å²) in [6.45, 7) is 13.5. The second kappa shape index (κ2) is 3.96. The monoisotopic (exact) mass is 270 g/mol. The summed E-state index contributed by atoms with van der Waals surface area (Å²) < 4.78 is 0. The number of Topliss-reactive ketones (excluding diaryl/α,β-unsaturated/α-hetero) is 1. The van der Waals surface area contributed by atoms with Crippen molar-refractivity contribution in [1.82, 2.24) is 0 Å². The lowest BCUT2D eigenvalue weighted by Gasteiger charge is -2.48. The van der Waals surface area contributed by atoms with E-state index in [4.69, 9.17) is 0 Å². The zero-order chi connectivity index (χ0) is 14.9. The first-order chi connectivity index (χ1) is 9.20. The van der Waals surface area contributed by atoms with E-state index in [1.807, 2.05) is 0 Å². The van der Waals surface area contributed by atoms with E-state index in [0.717, 1.165) is 24.8 Å². The third-order valence-corrected chi connectivity index (χ3v) is 6.73. The fourth-order valence-corrected chi connectivity index (χ4v) is 4.80. The SMILES string of the molecule is CC1=C(C)C[C@@]2(C)C(=C1)C(=O)[C@H]1CC(C)=C(C)C[C@@]12C. The number of fused-ring (bicyclic) bond motifs is 3. The van der Waals surface area contributed by atoms with Crippen molar-refractivity contribution in [2.24, 2.45) is 16.7 Å². The number of rotatable bonds is 0. The Labute approximate surface area is 122 Å². The predicted octanol–water partition coefficient (Wildman–Crippen LogP) is 4.99. The van der Waals surface area contributed by atoms with E-state index in [-0.39, 0.29) is 16.7 Å². The molecule has 3 rings (SSSR count). The van der Waals surface area contributed by atoms with Crippen molar-refractivity contribution in [3.8, 4) is 0 Å². The molecule has 1 heteroatoms. The Morgan fingerprint density at radius 3 is 2.30 bits per heavy atom. The maximum Gasteiger partial charge on any atom is 0.163 e. The van der Waals surface area contributed by atoms with Crippen LogP contribution in [0.5, 0.6) is 0 Å². The van der Waals surface area contributed by atoms with Crippen LogP contribution in [0.4, 0.5) is 0 Å². The van der Waals surface area contributed by atoms with Gasteiger partial charge in [-0.1, -0.05) is 42.2 Å². The molecule has 108 valence electrons. The minimum absolute atomic E-state index is 0.0281. The van der Waals surface area contributed by atoms with E-state index >= 15 is 0 Å². The highest BCUT2D eigenvalue weighted by molar-refractivity contribution is 6.03. The maximum atomic E-state index is 13.0. The van der Waals surface area contributed by atoms with E-state index in [2.05, 4.69) is 47.6 Å². The van der Waals surface area contributed by atoms with Crippen LogP contribution < -0.4 is 0 Å². The van der Waals surface area contributed by atoms with Gasteiger partial charge in [-0.2, -0.15) is 0 Å². The van der Waals surface area contributed by atoms with Crippen molar-refractivity contribution in [3.05, 3.63) is 33.9 Å². The van der Waals surface area contributed by atoms with Gasteiger partial charge in [-0.05, 0) is 52.4 Å². The largest absolute Gasteiger partial charge is 0.294 e. The van der Waals surface area contributed by atoms with Crippen LogP contribution in [0.3, 0.4) is 0 Å². The van der Waals surface area contributed by atoms with Crippen molar-refractivity contribution in [1.29, 1.82) is 0 Å². The van der Waals surface area contributed by atoms with E-state index in [1.54, 1.807) is 0 Å². The lowest BCUT2D eigenvalue weighted by atomic mass is 9.55. The van der Waals surface area contributed by atoms with E-state index in [1.165, 1.54) is 22.3 Å². The Balaban J connectivity index is 2.18. The second-order valence-electron chi connectivity index (χ2n) is 7.81. The Hall–Kier alpha value is -1.11. The molecule has 3 atom stereocenters. The summed E-state index contributed by atoms with van der Waals surface area (Å²) in [6, 6.07) is 0.